The van der Waals surface area contributed by atoms with Crippen LogP contribution in [0, 0.1) is 12.2 Å². The van der Waals surface area contributed by atoms with E-state index in [9.17, 15) is 0 Å². The third-order valence-corrected chi connectivity index (χ3v) is 5.10. The van der Waals surface area contributed by atoms with Crippen LogP contribution in [0.2, 0.25) is 0 Å². The van der Waals surface area contributed by atoms with E-state index >= 15 is 0 Å². The van der Waals surface area contributed by atoms with Crippen LogP contribution in [0.1, 0.15) is 26.7 Å². The summed E-state index contributed by atoms with van der Waals surface area (Å²) in [5.74, 6) is 0. The van der Waals surface area contributed by atoms with Gasteiger partial charge < -0.3 is 0 Å². The first kappa shape index (κ1) is 29.3. The zero-order valence-electron chi connectivity index (χ0n) is 16.4. The van der Waals surface area contributed by atoms with Gasteiger partial charge in [0.2, 0.25) is 0 Å². The topological polar surface area (TPSA) is 0 Å². The molecule has 0 saturated carbocycles. The van der Waals surface area contributed by atoms with Gasteiger partial charge in [-0.2, -0.15) is 12.2 Å². The van der Waals surface area contributed by atoms with Crippen molar-refractivity contribution >= 4 is 44.7 Å². The number of hydrogen-bond donors (Lipinski definition) is 0. The second-order valence-electron chi connectivity index (χ2n) is 5.90. The van der Waals surface area contributed by atoms with Crippen LogP contribution in [0.3, 0.4) is 0 Å². The molecule has 0 saturated heterocycles. The molecule has 0 bridgehead atoms. The average molecular weight is 593 g/mol. The van der Waals surface area contributed by atoms with Gasteiger partial charge >= 0.3 is 0 Å². The quantitative estimate of drug-likeness (QED) is 0.328. The maximum absolute atomic E-state index is 3.12. The summed E-state index contributed by atoms with van der Waals surface area (Å²) in [4.78, 5) is 0. The molecule has 0 heterocycles. The van der Waals surface area contributed by atoms with E-state index in [1.807, 2.05) is 0 Å². The van der Waals surface area contributed by atoms with E-state index < -0.39 is 0 Å². The molecule has 2 aliphatic carbocycles. The number of benzene rings is 2. The molecule has 0 nitrogen and oxygen atoms in total. The minimum atomic E-state index is 0. The summed E-state index contributed by atoms with van der Waals surface area (Å²) < 4.78 is 0. The second-order valence-corrected chi connectivity index (χ2v) is 7.52. The van der Waals surface area contributed by atoms with Gasteiger partial charge in [0.15, 0.2) is 0 Å². The van der Waals surface area contributed by atoms with Crippen LogP contribution in [-0.2, 0) is 25.8 Å². The molecule has 0 amide bonds. The van der Waals surface area contributed by atoms with Gasteiger partial charge in [-0.3, -0.25) is 12.2 Å². The summed E-state index contributed by atoms with van der Waals surface area (Å²) in [6.45, 7) is 4.12. The third kappa shape index (κ3) is 13.3. The molecule has 0 aliphatic heterocycles. The summed E-state index contributed by atoms with van der Waals surface area (Å²) in [6, 6.07) is 21.3. The molecule has 4 rings (SSSR count). The minimum Gasteiger partial charge on any atom is -0.270 e. The maximum atomic E-state index is 3.12. The Morgan fingerprint density at radius 2 is 1.00 bits per heavy atom. The van der Waals surface area contributed by atoms with Crippen molar-refractivity contribution in [1.29, 1.82) is 0 Å². The smallest absolute Gasteiger partial charge is 0.103 e. The predicted octanol–water partition coefficient (Wildman–Crippen LogP) is 5.31. The van der Waals surface area contributed by atoms with Crippen molar-refractivity contribution in [2.24, 2.45) is 0 Å². The van der Waals surface area contributed by atoms with E-state index in [2.05, 4.69) is 111 Å². The van der Waals surface area contributed by atoms with E-state index in [1.165, 1.54) is 21.5 Å². The first-order chi connectivity index (χ1) is 12.2. The SMILES string of the molecule is CC1=[C-]CC=C1.CC1=[C-]CC=C1.Cl.Cl.[Hf].c1ccc([SiH]c2ccccc2)cc1. The molecule has 0 atom stereocenters. The molecule has 0 fully saturated rings. The summed E-state index contributed by atoms with van der Waals surface area (Å²) in [5, 5.41) is 2.90. The van der Waals surface area contributed by atoms with Gasteiger partial charge in [0.25, 0.3) is 0 Å². The predicted molar refractivity (Wildman–Crippen MR) is 126 cm³/mol. The molecular weight excluding hydrogens is 566 g/mol. The molecule has 1 radical (unpaired) electrons. The van der Waals surface area contributed by atoms with Gasteiger partial charge in [-0.1, -0.05) is 84.9 Å². The fourth-order valence-corrected chi connectivity index (χ4v) is 3.53. The van der Waals surface area contributed by atoms with Gasteiger partial charge in [0, 0.05) is 25.8 Å². The first-order valence-corrected chi connectivity index (χ1v) is 9.82. The molecule has 0 aromatic heterocycles. The molecule has 2 aliphatic rings. The van der Waals surface area contributed by atoms with Gasteiger partial charge in [0.05, 0.1) is 0 Å². The zero-order valence-corrected chi connectivity index (χ0v) is 22.8. The fraction of sp³-hybridized carbons (Fsp3) is 0.167. The Morgan fingerprint density at radius 1 is 0.643 bits per heavy atom. The molecule has 2 aromatic rings. The van der Waals surface area contributed by atoms with Crippen molar-refractivity contribution < 1.29 is 25.8 Å². The Balaban J connectivity index is 0. The Kier molecular flexibility index (Phi) is 18.9. The van der Waals surface area contributed by atoms with Crippen LogP contribution in [0.4, 0.5) is 0 Å². The van der Waals surface area contributed by atoms with Crippen LogP contribution in [0.25, 0.3) is 0 Å². The van der Waals surface area contributed by atoms with Crippen molar-refractivity contribution in [2.45, 2.75) is 26.7 Å². The molecule has 0 N–H and O–H groups in total. The van der Waals surface area contributed by atoms with E-state index in [-0.39, 0.29) is 60.2 Å². The molecule has 147 valence electrons. The van der Waals surface area contributed by atoms with Crippen molar-refractivity contribution in [3.05, 3.63) is 108 Å². The number of hydrogen-bond acceptors (Lipinski definition) is 0. The van der Waals surface area contributed by atoms with Crippen molar-refractivity contribution in [2.75, 3.05) is 0 Å². The first-order valence-electron chi connectivity index (χ1n) is 8.67. The van der Waals surface area contributed by atoms with Crippen molar-refractivity contribution in [3.63, 3.8) is 0 Å². The van der Waals surface area contributed by atoms with Gasteiger partial charge in [-0.15, -0.1) is 37.7 Å². The third-order valence-electron chi connectivity index (χ3n) is 3.67. The van der Waals surface area contributed by atoms with Crippen molar-refractivity contribution in [1.82, 2.24) is 0 Å². The Morgan fingerprint density at radius 3 is 1.21 bits per heavy atom. The van der Waals surface area contributed by atoms with E-state index in [4.69, 9.17) is 0 Å². The average Bonchev–Trinajstić information content (AvgIpc) is 3.31. The fourth-order valence-electron chi connectivity index (χ4n) is 2.32. The number of halogens is 2. The molecule has 28 heavy (non-hydrogen) atoms. The van der Waals surface area contributed by atoms with E-state index in [0.717, 1.165) is 12.8 Å². The summed E-state index contributed by atoms with van der Waals surface area (Å²) >= 11 is 0. The number of allylic oxidation sites excluding steroid dienone is 8. The largest absolute Gasteiger partial charge is 0.270 e. The van der Waals surface area contributed by atoms with Gasteiger partial charge in [0.1, 0.15) is 9.52 Å². The standard InChI is InChI=1S/C12H11Si.2C6H7.2ClH.Hf/c1-3-7-11(8-4-1)13-12-9-5-2-6-10-12;2*1-6-4-2-3-5-6;;;/h1-10,13H;2*2,4H,3H2,1H3;2*1H;/q;2*-1;;;. The van der Waals surface area contributed by atoms with Gasteiger partial charge in [-0.05, 0) is 0 Å². The summed E-state index contributed by atoms with van der Waals surface area (Å²) in [7, 11) is 0.271. The monoisotopic (exact) mass is 593 g/mol. The summed E-state index contributed by atoms with van der Waals surface area (Å²) in [6.07, 6.45) is 16.7. The number of rotatable bonds is 2. The van der Waals surface area contributed by atoms with Crippen molar-refractivity contribution in [3.8, 4) is 0 Å². The molecule has 4 heteroatoms. The molecular formula is C24H27Cl2HfSi-2. The van der Waals surface area contributed by atoms with Crippen LogP contribution >= 0.6 is 24.8 Å². The van der Waals surface area contributed by atoms with Crippen LogP contribution in [0.5, 0.6) is 0 Å². The van der Waals surface area contributed by atoms with Crippen LogP contribution in [-0.4, -0.2) is 9.52 Å². The molecule has 2 aromatic carbocycles. The van der Waals surface area contributed by atoms with Crippen LogP contribution < -0.4 is 10.4 Å². The Labute approximate surface area is 204 Å². The molecule has 0 unspecified atom stereocenters. The zero-order chi connectivity index (χ0) is 17.7. The summed E-state index contributed by atoms with van der Waals surface area (Å²) in [5.41, 5.74) is 2.55. The maximum Gasteiger partial charge on any atom is 0.103 e. The molecule has 0 spiro atoms. The normalized spacial score (nSPS) is 12.5. The Hall–Kier alpha value is -0.933. The van der Waals surface area contributed by atoms with E-state index in [1.54, 1.807) is 0 Å². The van der Waals surface area contributed by atoms with Crippen LogP contribution in [0.15, 0.2) is 96.1 Å². The second kappa shape index (κ2) is 18.1. The minimum absolute atomic E-state index is 0. The van der Waals surface area contributed by atoms with Gasteiger partial charge in [-0.25, -0.2) is 23.3 Å². The Bertz CT molecular complexity index is 680. The van der Waals surface area contributed by atoms with E-state index in [0.29, 0.717) is 0 Å².